The second kappa shape index (κ2) is 6.39. The van der Waals surface area contributed by atoms with Gasteiger partial charge in [-0.2, -0.15) is 0 Å². The summed E-state index contributed by atoms with van der Waals surface area (Å²) in [5, 5.41) is 0. The number of ether oxygens (including phenoxy) is 2. The molecule has 0 spiro atoms. The van der Waals surface area contributed by atoms with Gasteiger partial charge in [-0.25, -0.2) is 0 Å². The SMILES string of the molecule is COc1cc(C)nc(COc2ccc(C(C)=O)cc2C)c1. The highest BCUT2D eigenvalue weighted by atomic mass is 16.5. The molecule has 110 valence electrons. The fourth-order valence-corrected chi connectivity index (χ4v) is 2.08. The van der Waals surface area contributed by atoms with Crippen molar-refractivity contribution >= 4 is 5.78 Å². The number of benzene rings is 1. The van der Waals surface area contributed by atoms with Crippen LogP contribution < -0.4 is 9.47 Å². The van der Waals surface area contributed by atoms with Gasteiger partial charge in [0.05, 0.1) is 12.8 Å². The Bertz CT molecular complexity index is 665. The molecule has 0 radical (unpaired) electrons. The molecule has 21 heavy (non-hydrogen) atoms. The number of rotatable bonds is 5. The van der Waals surface area contributed by atoms with Crippen molar-refractivity contribution in [2.75, 3.05) is 7.11 Å². The Morgan fingerprint density at radius 2 is 1.95 bits per heavy atom. The normalized spacial score (nSPS) is 10.3. The first kappa shape index (κ1) is 15.0. The fraction of sp³-hybridized carbons (Fsp3) is 0.294. The number of nitrogens with zero attached hydrogens (tertiary/aromatic N) is 1. The van der Waals surface area contributed by atoms with E-state index in [9.17, 15) is 4.79 Å². The molecule has 0 aliphatic heterocycles. The lowest BCUT2D eigenvalue weighted by Crippen LogP contribution is -2.02. The summed E-state index contributed by atoms with van der Waals surface area (Å²) in [6.45, 7) is 5.75. The van der Waals surface area contributed by atoms with Gasteiger partial charge < -0.3 is 9.47 Å². The van der Waals surface area contributed by atoms with Crippen LogP contribution in [0.25, 0.3) is 0 Å². The van der Waals surface area contributed by atoms with E-state index in [1.165, 1.54) is 0 Å². The summed E-state index contributed by atoms with van der Waals surface area (Å²) in [5.41, 5.74) is 3.32. The van der Waals surface area contributed by atoms with Gasteiger partial charge in [0.2, 0.25) is 0 Å². The number of pyridine rings is 1. The molecule has 2 rings (SSSR count). The van der Waals surface area contributed by atoms with E-state index in [0.29, 0.717) is 12.2 Å². The van der Waals surface area contributed by atoms with Crippen molar-refractivity contribution in [2.24, 2.45) is 0 Å². The summed E-state index contributed by atoms with van der Waals surface area (Å²) in [4.78, 5) is 15.7. The minimum absolute atomic E-state index is 0.0507. The molecule has 0 fully saturated rings. The van der Waals surface area contributed by atoms with Crippen LogP contribution in [0.4, 0.5) is 0 Å². The van der Waals surface area contributed by atoms with E-state index < -0.39 is 0 Å². The molecule has 0 unspecified atom stereocenters. The Kier molecular flexibility index (Phi) is 4.58. The molecule has 0 atom stereocenters. The minimum Gasteiger partial charge on any atom is -0.497 e. The van der Waals surface area contributed by atoms with Crippen molar-refractivity contribution in [1.29, 1.82) is 0 Å². The lowest BCUT2D eigenvalue weighted by Gasteiger charge is -2.11. The number of methoxy groups -OCH3 is 1. The van der Waals surface area contributed by atoms with E-state index in [-0.39, 0.29) is 5.78 Å². The molecule has 0 aliphatic rings. The third-order valence-electron chi connectivity index (χ3n) is 3.17. The maximum Gasteiger partial charge on any atom is 0.159 e. The number of hydrogen-bond donors (Lipinski definition) is 0. The number of carbonyl (C=O) groups excluding carboxylic acids is 1. The maximum atomic E-state index is 11.3. The third kappa shape index (κ3) is 3.81. The van der Waals surface area contributed by atoms with Gasteiger partial charge in [0.15, 0.2) is 5.78 Å². The number of aromatic nitrogens is 1. The van der Waals surface area contributed by atoms with Crippen LogP contribution in [0.3, 0.4) is 0 Å². The predicted octanol–water partition coefficient (Wildman–Crippen LogP) is 3.49. The molecule has 0 saturated carbocycles. The maximum absolute atomic E-state index is 11.3. The van der Waals surface area contributed by atoms with Gasteiger partial charge >= 0.3 is 0 Å². The predicted molar refractivity (Wildman–Crippen MR) is 81.0 cm³/mol. The molecule has 0 bridgehead atoms. The summed E-state index contributed by atoms with van der Waals surface area (Å²) >= 11 is 0. The molecule has 0 N–H and O–H groups in total. The molecule has 1 heterocycles. The van der Waals surface area contributed by atoms with Crippen molar-refractivity contribution in [2.45, 2.75) is 27.4 Å². The summed E-state index contributed by atoms with van der Waals surface area (Å²) in [7, 11) is 1.63. The van der Waals surface area contributed by atoms with Gasteiger partial charge in [0.25, 0.3) is 0 Å². The van der Waals surface area contributed by atoms with Crippen LogP contribution in [-0.4, -0.2) is 17.9 Å². The van der Waals surface area contributed by atoms with Crippen LogP contribution in [0.15, 0.2) is 30.3 Å². The Labute approximate surface area is 124 Å². The third-order valence-corrected chi connectivity index (χ3v) is 3.17. The second-order valence-corrected chi connectivity index (χ2v) is 4.96. The van der Waals surface area contributed by atoms with Crippen LogP contribution in [0.5, 0.6) is 11.5 Å². The molecule has 0 saturated heterocycles. The summed E-state index contributed by atoms with van der Waals surface area (Å²) < 4.78 is 11.0. The zero-order valence-electron chi connectivity index (χ0n) is 12.8. The highest BCUT2D eigenvalue weighted by Gasteiger charge is 2.06. The van der Waals surface area contributed by atoms with E-state index in [1.54, 1.807) is 20.1 Å². The van der Waals surface area contributed by atoms with E-state index >= 15 is 0 Å². The van der Waals surface area contributed by atoms with Gasteiger partial charge in [0.1, 0.15) is 18.1 Å². The molecule has 0 aliphatic carbocycles. The average Bonchev–Trinajstić information content (AvgIpc) is 2.45. The molecular formula is C17H19NO3. The van der Waals surface area contributed by atoms with Crippen LogP contribution in [0, 0.1) is 13.8 Å². The van der Waals surface area contributed by atoms with Gasteiger partial charge in [-0.3, -0.25) is 9.78 Å². The highest BCUT2D eigenvalue weighted by molar-refractivity contribution is 5.94. The van der Waals surface area contributed by atoms with Gasteiger partial charge in [-0.1, -0.05) is 0 Å². The van der Waals surface area contributed by atoms with Crippen LogP contribution in [0.1, 0.15) is 34.2 Å². The van der Waals surface area contributed by atoms with E-state index in [4.69, 9.17) is 9.47 Å². The minimum atomic E-state index is 0.0507. The Morgan fingerprint density at radius 1 is 1.19 bits per heavy atom. The zero-order valence-corrected chi connectivity index (χ0v) is 12.8. The van der Waals surface area contributed by atoms with Crippen molar-refractivity contribution in [3.8, 4) is 11.5 Å². The number of Topliss-reactive ketones (excluding diaryl/α,β-unsaturated/α-hetero) is 1. The van der Waals surface area contributed by atoms with Crippen molar-refractivity contribution in [3.63, 3.8) is 0 Å². The van der Waals surface area contributed by atoms with Crippen molar-refractivity contribution in [1.82, 2.24) is 4.98 Å². The van der Waals surface area contributed by atoms with Gasteiger partial charge in [-0.15, -0.1) is 0 Å². The fourth-order valence-electron chi connectivity index (χ4n) is 2.08. The van der Waals surface area contributed by atoms with Gasteiger partial charge in [0, 0.05) is 23.4 Å². The number of ketones is 1. The zero-order chi connectivity index (χ0) is 15.4. The molecule has 1 aromatic heterocycles. The quantitative estimate of drug-likeness (QED) is 0.789. The highest BCUT2D eigenvalue weighted by Crippen LogP contribution is 2.21. The number of carbonyl (C=O) groups is 1. The first-order valence-corrected chi connectivity index (χ1v) is 6.75. The standard InChI is InChI=1S/C17H19NO3/c1-11-7-14(13(3)19)5-6-17(11)21-10-15-9-16(20-4)8-12(2)18-15/h5-9H,10H2,1-4H3. The first-order valence-electron chi connectivity index (χ1n) is 6.75. The lowest BCUT2D eigenvalue weighted by molar-refractivity contribution is 0.101. The summed E-state index contributed by atoms with van der Waals surface area (Å²) in [6.07, 6.45) is 0. The Balaban J connectivity index is 2.13. The van der Waals surface area contributed by atoms with E-state index in [2.05, 4.69) is 4.98 Å². The summed E-state index contributed by atoms with van der Waals surface area (Å²) in [6, 6.07) is 9.15. The topological polar surface area (TPSA) is 48.4 Å². The van der Waals surface area contributed by atoms with Crippen LogP contribution in [0.2, 0.25) is 0 Å². The van der Waals surface area contributed by atoms with Crippen LogP contribution in [-0.2, 0) is 6.61 Å². The molecule has 4 heteroatoms. The number of hydrogen-bond acceptors (Lipinski definition) is 4. The van der Waals surface area contributed by atoms with E-state index in [1.807, 2.05) is 38.1 Å². The summed E-state index contributed by atoms with van der Waals surface area (Å²) in [5.74, 6) is 1.57. The van der Waals surface area contributed by atoms with Crippen molar-refractivity contribution in [3.05, 3.63) is 52.8 Å². The first-order chi connectivity index (χ1) is 9.99. The largest absolute Gasteiger partial charge is 0.497 e. The monoisotopic (exact) mass is 285 g/mol. The molecule has 2 aromatic rings. The molecule has 4 nitrogen and oxygen atoms in total. The van der Waals surface area contributed by atoms with Gasteiger partial charge in [-0.05, 0) is 44.5 Å². The molecular weight excluding hydrogens is 266 g/mol. The Morgan fingerprint density at radius 3 is 2.57 bits per heavy atom. The molecule has 1 aromatic carbocycles. The second-order valence-electron chi connectivity index (χ2n) is 4.96. The smallest absolute Gasteiger partial charge is 0.159 e. The van der Waals surface area contributed by atoms with Crippen molar-refractivity contribution < 1.29 is 14.3 Å². The lowest BCUT2D eigenvalue weighted by atomic mass is 10.1. The molecule has 0 amide bonds. The Hall–Kier alpha value is -2.36. The van der Waals surface area contributed by atoms with Crippen LogP contribution >= 0.6 is 0 Å². The average molecular weight is 285 g/mol. The van der Waals surface area contributed by atoms with E-state index in [0.717, 1.165) is 28.5 Å². The number of aryl methyl sites for hydroxylation is 2.